The van der Waals surface area contributed by atoms with Crippen LogP contribution in [0.4, 0.5) is 0 Å². The molecule has 1 aliphatic heterocycles. The fourth-order valence-electron chi connectivity index (χ4n) is 2.70. The molecule has 0 saturated carbocycles. The summed E-state index contributed by atoms with van der Waals surface area (Å²) in [4.78, 5) is 33.9. The Morgan fingerprint density at radius 2 is 2.26 bits per heavy atom. The van der Waals surface area contributed by atoms with Gasteiger partial charge in [-0.1, -0.05) is 6.07 Å². The van der Waals surface area contributed by atoms with Crippen LogP contribution in [0.3, 0.4) is 0 Å². The van der Waals surface area contributed by atoms with Gasteiger partial charge in [-0.25, -0.2) is 0 Å². The zero-order valence-electron chi connectivity index (χ0n) is 13.0. The summed E-state index contributed by atoms with van der Waals surface area (Å²) in [5.41, 5.74) is 1.45. The molecule has 1 aliphatic rings. The highest BCUT2D eigenvalue weighted by atomic mass is 32.2. The van der Waals surface area contributed by atoms with Crippen molar-refractivity contribution in [2.24, 2.45) is 0 Å². The molecular weight excluding hydrogens is 310 g/mol. The van der Waals surface area contributed by atoms with Gasteiger partial charge in [-0.15, -0.1) is 0 Å². The summed E-state index contributed by atoms with van der Waals surface area (Å²) < 4.78 is 0. The third-order valence-electron chi connectivity index (χ3n) is 3.95. The number of H-pyrrole nitrogens is 1. The molecule has 0 spiro atoms. The zero-order chi connectivity index (χ0) is 16.2. The Kier molecular flexibility index (Phi) is 4.81. The van der Waals surface area contributed by atoms with Crippen molar-refractivity contribution in [3.63, 3.8) is 0 Å². The van der Waals surface area contributed by atoms with E-state index in [1.165, 1.54) is 0 Å². The number of hydrogen-bond acceptors (Lipinski definition) is 4. The minimum atomic E-state index is -0.327. The number of amides is 1. The van der Waals surface area contributed by atoms with Gasteiger partial charge in [0.15, 0.2) is 0 Å². The third-order valence-corrected chi connectivity index (χ3v) is 5.10. The minimum Gasteiger partial charge on any atom is -0.329 e. The minimum absolute atomic E-state index is 0.148. The van der Waals surface area contributed by atoms with Crippen LogP contribution in [-0.2, 0) is 6.54 Å². The number of pyridine rings is 2. The Labute approximate surface area is 139 Å². The van der Waals surface area contributed by atoms with Crippen LogP contribution >= 0.6 is 11.8 Å². The first-order valence-corrected chi connectivity index (χ1v) is 8.79. The number of aryl methyl sites for hydroxylation is 1. The number of rotatable bonds is 4. The van der Waals surface area contributed by atoms with Crippen LogP contribution in [0.2, 0.25) is 0 Å². The average Bonchev–Trinajstić information content (AvgIpc) is 3.07. The number of carbonyl (C=O) groups is 1. The van der Waals surface area contributed by atoms with Crippen LogP contribution < -0.4 is 5.56 Å². The van der Waals surface area contributed by atoms with Crippen LogP contribution in [0.15, 0.2) is 41.3 Å². The van der Waals surface area contributed by atoms with Gasteiger partial charge in [-0.2, -0.15) is 11.8 Å². The summed E-state index contributed by atoms with van der Waals surface area (Å²) in [7, 11) is 0. The molecule has 23 heavy (non-hydrogen) atoms. The SMILES string of the molecule is Cc1ccc(C(=O)N(Cc2ccccn2)C2CCSC2)c(=O)[nH]1. The molecule has 1 unspecified atom stereocenters. The van der Waals surface area contributed by atoms with Gasteiger partial charge in [0.25, 0.3) is 11.5 Å². The Bertz CT molecular complexity index is 739. The van der Waals surface area contributed by atoms with E-state index < -0.39 is 0 Å². The van der Waals surface area contributed by atoms with Crippen LogP contribution in [0.1, 0.15) is 28.2 Å². The largest absolute Gasteiger partial charge is 0.329 e. The predicted octanol–water partition coefficient (Wildman–Crippen LogP) is 2.23. The highest BCUT2D eigenvalue weighted by Crippen LogP contribution is 2.24. The lowest BCUT2D eigenvalue weighted by Crippen LogP contribution is -2.42. The van der Waals surface area contributed by atoms with Crippen LogP contribution in [0.25, 0.3) is 0 Å². The standard InChI is InChI=1S/C17H19N3O2S/c1-12-5-6-15(16(21)19-12)17(22)20(14-7-9-23-11-14)10-13-4-2-3-8-18-13/h2-6,8,14H,7,9-11H2,1H3,(H,19,21). The second-order valence-electron chi connectivity index (χ2n) is 5.66. The normalized spacial score (nSPS) is 17.2. The molecule has 0 aliphatic carbocycles. The van der Waals surface area contributed by atoms with Gasteiger partial charge in [0.1, 0.15) is 5.56 Å². The second-order valence-corrected chi connectivity index (χ2v) is 6.81. The Balaban J connectivity index is 1.90. The van der Waals surface area contributed by atoms with Crippen molar-refractivity contribution in [2.45, 2.75) is 25.9 Å². The molecule has 2 aromatic rings. The summed E-state index contributed by atoms with van der Waals surface area (Å²) in [5.74, 6) is 1.73. The number of hydrogen-bond donors (Lipinski definition) is 1. The van der Waals surface area contributed by atoms with E-state index in [0.717, 1.165) is 29.3 Å². The molecule has 6 heteroatoms. The molecule has 1 N–H and O–H groups in total. The maximum absolute atomic E-state index is 12.9. The van der Waals surface area contributed by atoms with Gasteiger partial charge in [0.2, 0.25) is 0 Å². The number of aromatic nitrogens is 2. The first-order chi connectivity index (χ1) is 11.1. The first-order valence-electron chi connectivity index (χ1n) is 7.63. The van der Waals surface area contributed by atoms with Crippen molar-refractivity contribution in [1.82, 2.24) is 14.9 Å². The van der Waals surface area contributed by atoms with E-state index in [-0.39, 0.29) is 23.1 Å². The molecule has 2 aromatic heterocycles. The van der Waals surface area contributed by atoms with E-state index in [0.29, 0.717) is 6.54 Å². The third kappa shape index (κ3) is 3.64. The highest BCUT2D eigenvalue weighted by Gasteiger charge is 2.29. The molecule has 0 radical (unpaired) electrons. The van der Waals surface area contributed by atoms with E-state index in [9.17, 15) is 9.59 Å². The molecular formula is C17H19N3O2S. The molecule has 120 valence electrons. The lowest BCUT2D eigenvalue weighted by atomic mass is 10.1. The molecule has 0 aromatic carbocycles. The van der Waals surface area contributed by atoms with Crippen LogP contribution in [0.5, 0.6) is 0 Å². The lowest BCUT2D eigenvalue weighted by molar-refractivity contribution is 0.0676. The summed E-state index contributed by atoms with van der Waals surface area (Å²) >= 11 is 1.84. The lowest BCUT2D eigenvalue weighted by Gasteiger charge is -2.28. The maximum atomic E-state index is 12.9. The van der Waals surface area contributed by atoms with Crippen molar-refractivity contribution >= 4 is 17.7 Å². The topological polar surface area (TPSA) is 66.1 Å². The number of nitrogens with zero attached hydrogens (tertiary/aromatic N) is 2. The van der Waals surface area contributed by atoms with E-state index in [2.05, 4.69) is 9.97 Å². The molecule has 1 atom stereocenters. The molecule has 1 saturated heterocycles. The smallest absolute Gasteiger partial charge is 0.260 e. The van der Waals surface area contributed by atoms with Gasteiger partial charge in [-0.05, 0) is 43.4 Å². The summed E-state index contributed by atoms with van der Waals surface area (Å²) in [6.07, 6.45) is 2.67. The monoisotopic (exact) mass is 329 g/mol. The number of thioether (sulfide) groups is 1. The van der Waals surface area contributed by atoms with Crippen LogP contribution in [-0.4, -0.2) is 38.3 Å². The number of nitrogens with one attached hydrogen (secondary N) is 1. The van der Waals surface area contributed by atoms with E-state index >= 15 is 0 Å². The van der Waals surface area contributed by atoms with Gasteiger partial charge in [0.05, 0.1) is 12.2 Å². The van der Waals surface area contributed by atoms with Gasteiger partial charge in [-0.3, -0.25) is 14.6 Å². The Hall–Kier alpha value is -2.08. The molecule has 3 rings (SSSR count). The Morgan fingerprint density at radius 3 is 2.91 bits per heavy atom. The Morgan fingerprint density at radius 1 is 1.39 bits per heavy atom. The fourth-order valence-corrected chi connectivity index (χ4v) is 3.92. The highest BCUT2D eigenvalue weighted by molar-refractivity contribution is 7.99. The van der Waals surface area contributed by atoms with Crippen molar-refractivity contribution in [2.75, 3.05) is 11.5 Å². The average molecular weight is 329 g/mol. The fraction of sp³-hybridized carbons (Fsp3) is 0.353. The maximum Gasteiger partial charge on any atom is 0.260 e. The number of carbonyl (C=O) groups excluding carboxylic acids is 1. The summed E-state index contributed by atoms with van der Waals surface area (Å²) in [6, 6.07) is 9.19. The van der Waals surface area contributed by atoms with Crippen molar-refractivity contribution in [3.05, 3.63) is 63.8 Å². The van der Waals surface area contributed by atoms with Crippen LogP contribution in [0, 0.1) is 6.92 Å². The molecule has 3 heterocycles. The zero-order valence-corrected chi connectivity index (χ0v) is 13.8. The molecule has 1 fully saturated rings. The van der Waals surface area contributed by atoms with Crippen molar-refractivity contribution in [3.8, 4) is 0 Å². The number of aromatic amines is 1. The van der Waals surface area contributed by atoms with Crippen molar-refractivity contribution in [1.29, 1.82) is 0 Å². The molecule has 0 bridgehead atoms. The predicted molar refractivity (Wildman–Crippen MR) is 91.6 cm³/mol. The van der Waals surface area contributed by atoms with E-state index in [1.54, 1.807) is 30.2 Å². The molecule has 1 amide bonds. The molecule has 5 nitrogen and oxygen atoms in total. The van der Waals surface area contributed by atoms with E-state index in [1.807, 2.05) is 30.0 Å². The van der Waals surface area contributed by atoms with E-state index in [4.69, 9.17) is 0 Å². The quantitative estimate of drug-likeness (QED) is 0.934. The first kappa shape index (κ1) is 15.8. The summed E-state index contributed by atoms with van der Waals surface area (Å²) in [5, 5.41) is 0. The van der Waals surface area contributed by atoms with Gasteiger partial charge in [0, 0.05) is 23.7 Å². The summed E-state index contributed by atoms with van der Waals surface area (Å²) in [6.45, 7) is 2.23. The van der Waals surface area contributed by atoms with Crippen molar-refractivity contribution < 1.29 is 4.79 Å². The van der Waals surface area contributed by atoms with Gasteiger partial charge < -0.3 is 9.88 Å². The second kappa shape index (κ2) is 7.00. The van der Waals surface area contributed by atoms with Gasteiger partial charge >= 0.3 is 0 Å².